The first kappa shape index (κ1) is 19.7. The number of carboxylic acid groups (broad SMARTS) is 1. The fourth-order valence-corrected chi connectivity index (χ4v) is 1.07. The summed E-state index contributed by atoms with van der Waals surface area (Å²) < 4.78 is 0. The molecule has 0 aliphatic carbocycles. The summed E-state index contributed by atoms with van der Waals surface area (Å²) in [6.07, 6.45) is 2.41. The minimum Gasteiger partial charge on any atom is -0.480 e. The van der Waals surface area contributed by atoms with Crippen molar-refractivity contribution in [3.05, 3.63) is 0 Å². The molecule has 0 fully saturated rings. The molecule has 0 saturated heterocycles. The van der Waals surface area contributed by atoms with Crippen molar-refractivity contribution in [1.82, 2.24) is 5.32 Å². The molecule has 2 amide bonds. The summed E-state index contributed by atoms with van der Waals surface area (Å²) in [7, 11) is 0. The van der Waals surface area contributed by atoms with E-state index in [0.717, 1.165) is 12.8 Å². The van der Waals surface area contributed by atoms with Crippen LogP contribution in [0.5, 0.6) is 0 Å². The number of carboxylic acids is 1. The number of aliphatic carboxylic acids is 1. The van der Waals surface area contributed by atoms with Crippen molar-refractivity contribution < 1.29 is 19.5 Å². The molecule has 0 saturated carbocycles. The van der Waals surface area contributed by atoms with E-state index in [0.29, 0.717) is 18.9 Å². The van der Waals surface area contributed by atoms with Crippen molar-refractivity contribution in [2.75, 3.05) is 6.54 Å². The molecule has 19 heavy (non-hydrogen) atoms. The summed E-state index contributed by atoms with van der Waals surface area (Å²) >= 11 is 0. The number of carbonyl (C=O) groups is 3. The molecule has 0 spiro atoms. The average Bonchev–Trinajstić information content (AvgIpc) is 2.28. The van der Waals surface area contributed by atoms with Gasteiger partial charge in [-0.3, -0.25) is 14.4 Å². The number of nitrogens with one attached hydrogen (secondary N) is 1. The smallest absolute Gasteiger partial charge is 0.320 e. The zero-order valence-electron chi connectivity index (χ0n) is 11.8. The van der Waals surface area contributed by atoms with E-state index in [1.54, 1.807) is 0 Å². The second-order valence-electron chi connectivity index (χ2n) is 4.55. The first-order chi connectivity index (χ1) is 8.72. The third-order valence-electron chi connectivity index (χ3n) is 2.08. The van der Waals surface area contributed by atoms with Crippen LogP contribution >= 0.6 is 0 Å². The maximum absolute atomic E-state index is 10.4. The van der Waals surface area contributed by atoms with Crippen LogP contribution < -0.4 is 16.8 Å². The molecule has 0 bridgehead atoms. The monoisotopic (exact) mass is 275 g/mol. The first-order valence-electron chi connectivity index (χ1n) is 6.28. The summed E-state index contributed by atoms with van der Waals surface area (Å²) in [4.78, 5) is 30.6. The Bertz CT molecular complexity index is 293. The Balaban J connectivity index is 0. The molecule has 7 nitrogen and oxygen atoms in total. The molecule has 7 heteroatoms. The Hall–Kier alpha value is -1.63. The van der Waals surface area contributed by atoms with Gasteiger partial charge in [0.1, 0.15) is 6.04 Å². The molecule has 0 unspecified atom stereocenters. The molecule has 0 aromatic heterocycles. The zero-order chi connectivity index (χ0) is 15.4. The lowest BCUT2D eigenvalue weighted by Crippen LogP contribution is -2.36. The molecule has 112 valence electrons. The second kappa shape index (κ2) is 11.5. The highest BCUT2D eigenvalue weighted by molar-refractivity contribution is 6.34. The van der Waals surface area contributed by atoms with Crippen LogP contribution in [0.3, 0.4) is 0 Å². The van der Waals surface area contributed by atoms with Gasteiger partial charge in [-0.25, -0.2) is 0 Å². The van der Waals surface area contributed by atoms with Gasteiger partial charge in [-0.2, -0.15) is 0 Å². The van der Waals surface area contributed by atoms with E-state index < -0.39 is 23.8 Å². The topological polar surface area (TPSA) is 136 Å². The largest absolute Gasteiger partial charge is 0.480 e. The molecule has 0 aliphatic heterocycles. The van der Waals surface area contributed by atoms with Gasteiger partial charge in [0, 0.05) is 6.54 Å². The predicted molar refractivity (Wildman–Crippen MR) is 72.2 cm³/mol. The van der Waals surface area contributed by atoms with E-state index in [1.807, 2.05) is 20.8 Å². The highest BCUT2D eigenvalue weighted by Crippen LogP contribution is 2.01. The number of nitrogens with two attached hydrogens (primary N) is 2. The van der Waals surface area contributed by atoms with Gasteiger partial charge in [0.2, 0.25) is 0 Å². The van der Waals surface area contributed by atoms with E-state index >= 15 is 0 Å². The van der Waals surface area contributed by atoms with Crippen LogP contribution in [0.4, 0.5) is 0 Å². The quantitative estimate of drug-likeness (QED) is 0.394. The maximum atomic E-state index is 10.4. The van der Waals surface area contributed by atoms with Gasteiger partial charge in [0.25, 0.3) is 0 Å². The van der Waals surface area contributed by atoms with Crippen molar-refractivity contribution in [1.29, 1.82) is 0 Å². The Labute approximate surface area is 113 Å². The molecule has 0 aliphatic rings. The van der Waals surface area contributed by atoms with E-state index in [-0.39, 0.29) is 0 Å². The van der Waals surface area contributed by atoms with Gasteiger partial charge in [-0.15, -0.1) is 0 Å². The normalized spacial score (nSPS) is 11.2. The molecule has 0 aromatic rings. The van der Waals surface area contributed by atoms with E-state index in [2.05, 4.69) is 11.1 Å². The number of carbonyl (C=O) groups excluding carboxylic acids is 2. The van der Waals surface area contributed by atoms with Crippen molar-refractivity contribution in [2.24, 2.45) is 17.4 Å². The van der Waals surface area contributed by atoms with Gasteiger partial charge < -0.3 is 21.9 Å². The van der Waals surface area contributed by atoms with E-state index in [4.69, 9.17) is 10.8 Å². The summed E-state index contributed by atoms with van der Waals surface area (Å²) in [5.41, 5.74) is 9.89. The van der Waals surface area contributed by atoms with Gasteiger partial charge in [-0.05, 0) is 18.8 Å². The molecule has 0 rings (SSSR count). The minimum atomic E-state index is -0.920. The SMILES string of the molecule is CC(C)C[C@H](N)C(=O)O.CCCCNC(=O)C(N)=O. The van der Waals surface area contributed by atoms with Crippen LogP contribution in [0.25, 0.3) is 0 Å². The lowest BCUT2D eigenvalue weighted by atomic mass is 10.1. The number of hydrogen-bond acceptors (Lipinski definition) is 4. The molecule has 0 radical (unpaired) electrons. The van der Waals surface area contributed by atoms with Crippen LogP contribution in [-0.4, -0.2) is 35.5 Å². The summed E-state index contributed by atoms with van der Waals surface area (Å²) in [6.45, 7) is 6.42. The van der Waals surface area contributed by atoms with E-state index in [9.17, 15) is 14.4 Å². The Morgan fingerprint density at radius 3 is 2.05 bits per heavy atom. The highest BCUT2D eigenvalue weighted by Gasteiger charge is 2.11. The van der Waals surface area contributed by atoms with Gasteiger partial charge >= 0.3 is 17.8 Å². The third kappa shape index (κ3) is 14.3. The Kier molecular flexibility index (Phi) is 11.9. The molecular weight excluding hydrogens is 250 g/mol. The first-order valence-corrected chi connectivity index (χ1v) is 6.28. The molecule has 6 N–H and O–H groups in total. The molecule has 0 heterocycles. The second-order valence-corrected chi connectivity index (χ2v) is 4.55. The summed E-state index contributed by atoms with van der Waals surface area (Å²) in [6, 6.07) is -0.690. The Morgan fingerprint density at radius 2 is 1.79 bits per heavy atom. The van der Waals surface area contributed by atoms with Gasteiger partial charge in [0.05, 0.1) is 0 Å². The number of amides is 2. The number of unbranched alkanes of at least 4 members (excludes halogenated alkanes) is 1. The predicted octanol–water partition coefficient (Wildman–Crippen LogP) is -0.168. The fraction of sp³-hybridized carbons (Fsp3) is 0.750. The summed E-state index contributed by atoms with van der Waals surface area (Å²) in [5, 5.41) is 10.7. The zero-order valence-corrected chi connectivity index (χ0v) is 11.8. The Morgan fingerprint density at radius 1 is 1.26 bits per heavy atom. The lowest BCUT2D eigenvalue weighted by molar-refractivity contribution is -0.138. The average molecular weight is 275 g/mol. The minimum absolute atomic E-state index is 0.357. The standard InChI is InChI=1S/C6H12N2O2.C6H13NO2/c1-2-3-4-8-6(10)5(7)9;1-4(2)3-5(7)6(8)9/h2-4H2,1H3,(H2,7,9)(H,8,10);4-5H,3,7H2,1-2H3,(H,8,9)/t;5-/m.0/s1. The molecule has 1 atom stereocenters. The number of primary amides is 1. The van der Waals surface area contributed by atoms with Crippen LogP contribution in [0, 0.1) is 5.92 Å². The van der Waals surface area contributed by atoms with Crippen LogP contribution in [0.15, 0.2) is 0 Å². The number of rotatable bonds is 6. The van der Waals surface area contributed by atoms with Gasteiger partial charge in [-0.1, -0.05) is 27.2 Å². The molecule has 0 aromatic carbocycles. The lowest BCUT2D eigenvalue weighted by Gasteiger charge is -2.07. The van der Waals surface area contributed by atoms with Crippen molar-refractivity contribution in [3.63, 3.8) is 0 Å². The molecular formula is C12H25N3O4. The number of hydrogen-bond donors (Lipinski definition) is 4. The van der Waals surface area contributed by atoms with Crippen LogP contribution in [0.1, 0.15) is 40.0 Å². The fourth-order valence-electron chi connectivity index (χ4n) is 1.07. The van der Waals surface area contributed by atoms with Gasteiger partial charge in [0.15, 0.2) is 0 Å². The van der Waals surface area contributed by atoms with E-state index in [1.165, 1.54) is 0 Å². The van der Waals surface area contributed by atoms with Crippen LogP contribution in [0.2, 0.25) is 0 Å². The van der Waals surface area contributed by atoms with Crippen molar-refractivity contribution in [3.8, 4) is 0 Å². The van der Waals surface area contributed by atoms with Crippen molar-refractivity contribution in [2.45, 2.75) is 46.1 Å². The summed E-state index contributed by atoms with van der Waals surface area (Å²) in [5.74, 6) is -2.18. The highest BCUT2D eigenvalue weighted by atomic mass is 16.4. The van der Waals surface area contributed by atoms with Crippen molar-refractivity contribution >= 4 is 17.8 Å². The van der Waals surface area contributed by atoms with Crippen LogP contribution in [-0.2, 0) is 14.4 Å². The third-order valence-corrected chi connectivity index (χ3v) is 2.08. The maximum Gasteiger partial charge on any atom is 0.320 e.